The molecule has 1 aromatic carbocycles. The Morgan fingerprint density at radius 1 is 1.26 bits per heavy atom. The zero-order valence-electron chi connectivity index (χ0n) is 10.6. The molecule has 2 rings (SSSR count). The average molecular weight is 258 g/mol. The van der Waals surface area contributed by atoms with Crippen LogP contribution in [0, 0.1) is 6.92 Å². The van der Waals surface area contributed by atoms with Crippen molar-refractivity contribution in [1.29, 1.82) is 0 Å². The van der Waals surface area contributed by atoms with E-state index in [1.165, 1.54) is 6.07 Å². The minimum absolute atomic E-state index is 0.158. The van der Waals surface area contributed by atoms with Crippen LogP contribution in [-0.2, 0) is 6.42 Å². The summed E-state index contributed by atoms with van der Waals surface area (Å²) < 4.78 is 4.83. The summed E-state index contributed by atoms with van der Waals surface area (Å²) in [6, 6.07) is 10.8. The van der Waals surface area contributed by atoms with Gasteiger partial charge < -0.3 is 9.52 Å². The molecule has 0 aliphatic heterocycles. The van der Waals surface area contributed by atoms with Gasteiger partial charge in [0.1, 0.15) is 17.1 Å². The molecule has 0 radical (unpaired) electrons. The van der Waals surface area contributed by atoms with E-state index in [4.69, 9.17) is 4.42 Å². The second kappa shape index (κ2) is 5.52. The number of carbonyl (C=O) groups excluding carboxylic acids is 1. The number of carbonyl (C=O) groups is 1. The molecule has 1 heterocycles. The molecular weight excluding hydrogens is 244 g/mol. The van der Waals surface area contributed by atoms with E-state index in [0.717, 1.165) is 5.56 Å². The fraction of sp³-hybridized carbons (Fsp3) is 0.200. The van der Waals surface area contributed by atoms with Crippen LogP contribution in [0.5, 0.6) is 5.75 Å². The van der Waals surface area contributed by atoms with Crippen LogP contribution in [-0.4, -0.2) is 10.9 Å². The highest BCUT2D eigenvalue weighted by atomic mass is 16.4. The van der Waals surface area contributed by atoms with Crippen LogP contribution in [0.3, 0.4) is 0 Å². The number of aromatic hydroxyl groups is 1. The zero-order chi connectivity index (χ0) is 13.8. The van der Waals surface area contributed by atoms with E-state index in [0.29, 0.717) is 6.42 Å². The predicted molar refractivity (Wildman–Crippen MR) is 70.5 cm³/mol. The summed E-state index contributed by atoms with van der Waals surface area (Å²) in [5, 5.41) is 9.66. The normalized spacial score (nSPS) is 10.4. The standard InChI is InChI=1S/C15H14O4/c1-10-9-13(17)14(15(18)19-10)12(16)8-7-11-5-3-2-4-6-11/h2-6,9,17H,7-8H2,1H3. The Morgan fingerprint density at radius 3 is 2.58 bits per heavy atom. The highest BCUT2D eigenvalue weighted by molar-refractivity contribution is 5.98. The first-order valence-corrected chi connectivity index (χ1v) is 5.99. The Morgan fingerprint density at radius 2 is 1.95 bits per heavy atom. The third-order valence-electron chi connectivity index (χ3n) is 2.82. The van der Waals surface area contributed by atoms with Crippen molar-refractivity contribution in [2.75, 3.05) is 0 Å². The molecule has 0 amide bonds. The van der Waals surface area contributed by atoms with Gasteiger partial charge in [0, 0.05) is 12.5 Å². The Balaban J connectivity index is 2.15. The fourth-order valence-corrected chi connectivity index (χ4v) is 1.88. The van der Waals surface area contributed by atoms with Crippen molar-refractivity contribution in [2.45, 2.75) is 19.8 Å². The van der Waals surface area contributed by atoms with Crippen LogP contribution in [0.25, 0.3) is 0 Å². The second-order valence-electron chi connectivity index (χ2n) is 4.31. The molecule has 1 N–H and O–H groups in total. The summed E-state index contributed by atoms with van der Waals surface area (Å²) in [6.07, 6.45) is 0.678. The lowest BCUT2D eigenvalue weighted by molar-refractivity contribution is 0.0975. The molecular formula is C15H14O4. The van der Waals surface area contributed by atoms with Gasteiger partial charge in [0.25, 0.3) is 0 Å². The molecule has 0 spiro atoms. The van der Waals surface area contributed by atoms with Crippen molar-refractivity contribution in [3.8, 4) is 5.75 Å². The van der Waals surface area contributed by atoms with Gasteiger partial charge in [0.15, 0.2) is 5.78 Å². The smallest absolute Gasteiger partial charge is 0.350 e. The lowest BCUT2D eigenvalue weighted by Crippen LogP contribution is -2.15. The van der Waals surface area contributed by atoms with Crippen LogP contribution in [0.4, 0.5) is 0 Å². The summed E-state index contributed by atoms with van der Waals surface area (Å²) in [4.78, 5) is 23.5. The Bertz CT molecular complexity index is 641. The topological polar surface area (TPSA) is 67.5 Å². The van der Waals surface area contributed by atoms with Crippen LogP contribution < -0.4 is 5.63 Å². The summed E-state index contributed by atoms with van der Waals surface area (Å²) in [7, 11) is 0. The van der Waals surface area contributed by atoms with Crippen LogP contribution in [0.2, 0.25) is 0 Å². The SMILES string of the molecule is Cc1cc(O)c(C(=O)CCc2ccccc2)c(=O)o1. The molecule has 0 unspecified atom stereocenters. The molecule has 19 heavy (non-hydrogen) atoms. The molecule has 0 saturated heterocycles. The van der Waals surface area contributed by atoms with Gasteiger partial charge in [-0.25, -0.2) is 4.79 Å². The monoisotopic (exact) mass is 258 g/mol. The van der Waals surface area contributed by atoms with E-state index in [2.05, 4.69) is 0 Å². The molecule has 0 saturated carbocycles. The molecule has 1 aromatic heterocycles. The van der Waals surface area contributed by atoms with Gasteiger partial charge in [0.2, 0.25) is 0 Å². The summed E-state index contributed by atoms with van der Waals surface area (Å²) >= 11 is 0. The lowest BCUT2D eigenvalue weighted by Gasteiger charge is -2.03. The first-order chi connectivity index (χ1) is 9.08. The Labute approximate surface area is 110 Å². The van der Waals surface area contributed by atoms with E-state index in [-0.39, 0.29) is 23.5 Å². The lowest BCUT2D eigenvalue weighted by atomic mass is 10.0. The van der Waals surface area contributed by atoms with Crippen molar-refractivity contribution in [3.63, 3.8) is 0 Å². The largest absolute Gasteiger partial charge is 0.507 e. The quantitative estimate of drug-likeness (QED) is 0.855. The van der Waals surface area contributed by atoms with Crippen molar-refractivity contribution in [3.05, 3.63) is 63.7 Å². The summed E-state index contributed by atoms with van der Waals surface area (Å²) in [5.41, 5.74) is -0.0380. The van der Waals surface area contributed by atoms with Gasteiger partial charge >= 0.3 is 5.63 Å². The van der Waals surface area contributed by atoms with Crippen LogP contribution in [0.1, 0.15) is 28.1 Å². The van der Waals surface area contributed by atoms with Crippen molar-refractivity contribution in [1.82, 2.24) is 0 Å². The third kappa shape index (κ3) is 3.10. The third-order valence-corrected chi connectivity index (χ3v) is 2.82. The number of Topliss-reactive ketones (excluding diaryl/α,β-unsaturated/α-hetero) is 1. The molecule has 4 heteroatoms. The molecule has 0 fully saturated rings. The number of benzene rings is 1. The van der Waals surface area contributed by atoms with Gasteiger partial charge in [0.05, 0.1) is 0 Å². The molecule has 0 atom stereocenters. The number of hydrogen-bond acceptors (Lipinski definition) is 4. The van der Waals surface area contributed by atoms with E-state index in [9.17, 15) is 14.7 Å². The highest BCUT2D eigenvalue weighted by Crippen LogP contribution is 2.17. The minimum Gasteiger partial charge on any atom is -0.507 e. The number of hydrogen-bond donors (Lipinski definition) is 1. The van der Waals surface area contributed by atoms with Gasteiger partial charge in [-0.05, 0) is 18.9 Å². The van der Waals surface area contributed by atoms with Gasteiger partial charge in [-0.1, -0.05) is 30.3 Å². The molecule has 4 nitrogen and oxygen atoms in total. The highest BCUT2D eigenvalue weighted by Gasteiger charge is 2.17. The van der Waals surface area contributed by atoms with Crippen molar-refractivity contribution >= 4 is 5.78 Å². The zero-order valence-corrected chi connectivity index (χ0v) is 10.6. The first kappa shape index (κ1) is 13.1. The van der Waals surface area contributed by atoms with E-state index < -0.39 is 11.4 Å². The number of ketones is 1. The molecule has 0 bridgehead atoms. The van der Waals surface area contributed by atoms with Crippen LogP contribution >= 0.6 is 0 Å². The maximum absolute atomic E-state index is 12.0. The molecule has 0 aliphatic carbocycles. The first-order valence-electron chi connectivity index (χ1n) is 5.99. The maximum atomic E-state index is 12.0. The Kier molecular flexibility index (Phi) is 3.80. The molecule has 0 aliphatic rings. The predicted octanol–water partition coefficient (Wildman–Crippen LogP) is 2.47. The van der Waals surface area contributed by atoms with E-state index >= 15 is 0 Å². The Hall–Kier alpha value is -2.36. The van der Waals surface area contributed by atoms with Gasteiger partial charge in [-0.3, -0.25) is 4.79 Å². The fourth-order valence-electron chi connectivity index (χ4n) is 1.88. The summed E-state index contributed by atoms with van der Waals surface area (Å²) in [5.74, 6) is -0.441. The van der Waals surface area contributed by atoms with Gasteiger partial charge in [-0.2, -0.15) is 0 Å². The molecule has 98 valence electrons. The average Bonchev–Trinajstić information content (AvgIpc) is 2.36. The van der Waals surface area contributed by atoms with Crippen molar-refractivity contribution in [2.24, 2.45) is 0 Å². The van der Waals surface area contributed by atoms with Gasteiger partial charge in [-0.15, -0.1) is 0 Å². The summed E-state index contributed by atoms with van der Waals surface area (Å²) in [6.45, 7) is 1.54. The van der Waals surface area contributed by atoms with Crippen molar-refractivity contribution < 1.29 is 14.3 Å². The number of rotatable bonds is 4. The van der Waals surface area contributed by atoms with Crippen LogP contribution in [0.15, 0.2) is 45.6 Å². The maximum Gasteiger partial charge on any atom is 0.350 e. The second-order valence-corrected chi connectivity index (χ2v) is 4.31. The van der Waals surface area contributed by atoms with E-state index in [1.54, 1.807) is 6.92 Å². The van der Waals surface area contributed by atoms with E-state index in [1.807, 2.05) is 30.3 Å². The molecule has 2 aromatic rings. The minimum atomic E-state index is -0.782. The number of aryl methyl sites for hydroxylation is 2.